The largest absolute Gasteiger partial charge is 0.392 e. The number of hydrogen-bond acceptors (Lipinski definition) is 2. The fourth-order valence-corrected chi connectivity index (χ4v) is 2.20. The van der Waals surface area contributed by atoms with Crippen LogP contribution < -0.4 is 0 Å². The molecule has 1 rings (SSSR count). The van der Waals surface area contributed by atoms with Crippen molar-refractivity contribution in [1.82, 2.24) is 4.90 Å². The zero-order valence-corrected chi connectivity index (χ0v) is 9.00. The molecule has 2 nitrogen and oxygen atoms in total. The minimum absolute atomic E-state index is 0.133. The number of likely N-dealkylation sites (N-methyl/N-ethyl adjacent to an activating group) is 1. The van der Waals surface area contributed by atoms with Crippen molar-refractivity contribution in [2.24, 2.45) is 5.92 Å². The van der Waals surface area contributed by atoms with Crippen LogP contribution in [0.5, 0.6) is 0 Å². The molecule has 1 aliphatic carbocycles. The molecule has 2 heteroatoms. The minimum atomic E-state index is -0.133. The summed E-state index contributed by atoms with van der Waals surface area (Å²) in [4.78, 5) is 2.28. The smallest absolute Gasteiger partial charge is 0.0664 e. The lowest BCUT2D eigenvalue weighted by atomic mass is 10.1. The second-order valence-corrected chi connectivity index (χ2v) is 4.43. The quantitative estimate of drug-likeness (QED) is 0.707. The number of rotatable bonds is 5. The third-order valence-corrected chi connectivity index (χ3v) is 3.04. The SMILES string of the molecule is CCC(O)CN(C)CC1CCCC1. The molecule has 1 fully saturated rings. The highest BCUT2D eigenvalue weighted by Gasteiger charge is 2.17. The van der Waals surface area contributed by atoms with Crippen molar-refractivity contribution >= 4 is 0 Å². The van der Waals surface area contributed by atoms with Gasteiger partial charge in [0.05, 0.1) is 6.10 Å². The van der Waals surface area contributed by atoms with E-state index in [1.165, 1.54) is 32.2 Å². The summed E-state index contributed by atoms with van der Waals surface area (Å²) in [6, 6.07) is 0. The van der Waals surface area contributed by atoms with Crippen molar-refractivity contribution < 1.29 is 5.11 Å². The van der Waals surface area contributed by atoms with Gasteiger partial charge in [-0.25, -0.2) is 0 Å². The van der Waals surface area contributed by atoms with Gasteiger partial charge < -0.3 is 10.0 Å². The molecular weight excluding hydrogens is 162 g/mol. The summed E-state index contributed by atoms with van der Waals surface area (Å²) in [7, 11) is 2.12. The maximum absolute atomic E-state index is 9.46. The third-order valence-electron chi connectivity index (χ3n) is 3.04. The Kier molecular flexibility index (Phi) is 4.74. The zero-order chi connectivity index (χ0) is 9.68. The first-order valence-electron chi connectivity index (χ1n) is 5.59. The van der Waals surface area contributed by atoms with Crippen LogP contribution in [0.15, 0.2) is 0 Å². The first-order valence-corrected chi connectivity index (χ1v) is 5.59. The van der Waals surface area contributed by atoms with E-state index in [2.05, 4.69) is 11.9 Å². The number of aliphatic hydroxyl groups excluding tert-OH is 1. The van der Waals surface area contributed by atoms with Gasteiger partial charge >= 0.3 is 0 Å². The predicted molar refractivity (Wildman–Crippen MR) is 55.8 cm³/mol. The average molecular weight is 185 g/mol. The van der Waals surface area contributed by atoms with Gasteiger partial charge in [-0.3, -0.25) is 0 Å². The highest BCUT2D eigenvalue weighted by molar-refractivity contribution is 4.71. The Morgan fingerprint density at radius 1 is 1.38 bits per heavy atom. The first kappa shape index (κ1) is 11.0. The molecule has 0 aromatic rings. The molecule has 0 spiro atoms. The van der Waals surface area contributed by atoms with Crippen LogP contribution >= 0.6 is 0 Å². The van der Waals surface area contributed by atoms with Crippen molar-refractivity contribution in [2.45, 2.75) is 45.1 Å². The van der Waals surface area contributed by atoms with E-state index in [9.17, 15) is 5.11 Å². The molecule has 0 saturated heterocycles. The third kappa shape index (κ3) is 4.10. The molecule has 0 radical (unpaired) electrons. The molecule has 0 amide bonds. The topological polar surface area (TPSA) is 23.5 Å². The standard InChI is InChI=1S/C11H23NO/c1-3-11(13)9-12(2)8-10-6-4-5-7-10/h10-11,13H,3-9H2,1-2H3. The summed E-state index contributed by atoms with van der Waals surface area (Å²) in [5.74, 6) is 0.897. The molecule has 1 aliphatic rings. The van der Waals surface area contributed by atoms with Gasteiger partial charge in [0.25, 0.3) is 0 Å². The van der Waals surface area contributed by atoms with Gasteiger partial charge in [0.2, 0.25) is 0 Å². The van der Waals surface area contributed by atoms with Crippen molar-refractivity contribution in [3.05, 3.63) is 0 Å². The van der Waals surface area contributed by atoms with Crippen LogP contribution in [0.2, 0.25) is 0 Å². The number of aliphatic hydroxyl groups is 1. The Hall–Kier alpha value is -0.0800. The lowest BCUT2D eigenvalue weighted by Crippen LogP contribution is -2.32. The molecular formula is C11H23NO. The maximum Gasteiger partial charge on any atom is 0.0664 e. The van der Waals surface area contributed by atoms with E-state index in [1.54, 1.807) is 0 Å². The molecule has 1 saturated carbocycles. The Morgan fingerprint density at radius 3 is 2.54 bits per heavy atom. The highest BCUT2D eigenvalue weighted by atomic mass is 16.3. The fourth-order valence-electron chi connectivity index (χ4n) is 2.20. The molecule has 0 aromatic carbocycles. The Morgan fingerprint density at radius 2 is 2.00 bits per heavy atom. The van der Waals surface area contributed by atoms with Gasteiger partial charge in [-0.2, -0.15) is 0 Å². The normalized spacial score (nSPS) is 21.2. The van der Waals surface area contributed by atoms with E-state index in [1.807, 2.05) is 6.92 Å². The van der Waals surface area contributed by atoms with Crippen LogP contribution in [0.25, 0.3) is 0 Å². The number of nitrogens with zero attached hydrogens (tertiary/aromatic N) is 1. The fraction of sp³-hybridized carbons (Fsp3) is 1.00. The molecule has 1 N–H and O–H groups in total. The summed E-state index contributed by atoms with van der Waals surface area (Å²) >= 11 is 0. The minimum Gasteiger partial charge on any atom is -0.392 e. The Labute approximate surface area is 81.9 Å². The molecule has 1 unspecified atom stereocenters. The summed E-state index contributed by atoms with van der Waals surface area (Å²) in [5, 5.41) is 9.46. The molecule has 13 heavy (non-hydrogen) atoms. The van der Waals surface area contributed by atoms with Gasteiger partial charge in [-0.05, 0) is 32.2 Å². The van der Waals surface area contributed by atoms with Gasteiger partial charge in [0.15, 0.2) is 0 Å². The molecule has 1 atom stereocenters. The van der Waals surface area contributed by atoms with Gasteiger partial charge in [0, 0.05) is 13.1 Å². The van der Waals surface area contributed by atoms with Crippen molar-refractivity contribution in [1.29, 1.82) is 0 Å². The average Bonchev–Trinajstić information content (AvgIpc) is 2.56. The summed E-state index contributed by atoms with van der Waals surface area (Å²) in [5.41, 5.74) is 0. The van der Waals surface area contributed by atoms with E-state index < -0.39 is 0 Å². The van der Waals surface area contributed by atoms with Gasteiger partial charge in [0.1, 0.15) is 0 Å². The van der Waals surface area contributed by atoms with E-state index in [-0.39, 0.29) is 6.10 Å². The second kappa shape index (κ2) is 5.61. The molecule has 0 aliphatic heterocycles. The number of hydrogen-bond donors (Lipinski definition) is 1. The zero-order valence-electron chi connectivity index (χ0n) is 9.00. The van der Waals surface area contributed by atoms with E-state index in [4.69, 9.17) is 0 Å². The summed E-state index contributed by atoms with van der Waals surface area (Å²) < 4.78 is 0. The van der Waals surface area contributed by atoms with E-state index >= 15 is 0 Å². The molecule has 0 bridgehead atoms. The Balaban J connectivity index is 2.12. The van der Waals surface area contributed by atoms with Gasteiger partial charge in [-0.15, -0.1) is 0 Å². The lowest BCUT2D eigenvalue weighted by molar-refractivity contribution is 0.114. The second-order valence-electron chi connectivity index (χ2n) is 4.43. The lowest BCUT2D eigenvalue weighted by Gasteiger charge is -2.22. The van der Waals surface area contributed by atoms with Crippen LogP contribution in [0.3, 0.4) is 0 Å². The van der Waals surface area contributed by atoms with Crippen LogP contribution in [0, 0.1) is 5.92 Å². The van der Waals surface area contributed by atoms with Crippen molar-refractivity contribution in [3.8, 4) is 0 Å². The molecule has 78 valence electrons. The maximum atomic E-state index is 9.46. The van der Waals surface area contributed by atoms with E-state index in [0.29, 0.717) is 0 Å². The van der Waals surface area contributed by atoms with Gasteiger partial charge in [-0.1, -0.05) is 19.8 Å². The Bertz CT molecular complexity index is 132. The van der Waals surface area contributed by atoms with Crippen LogP contribution in [0.1, 0.15) is 39.0 Å². The predicted octanol–water partition coefficient (Wildman–Crippen LogP) is 1.88. The van der Waals surface area contributed by atoms with E-state index in [0.717, 1.165) is 18.9 Å². The van der Waals surface area contributed by atoms with Crippen molar-refractivity contribution in [2.75, 3.05) is 20.1 Å². The van der Waals surface area contributed by atoms with Crippen LogP contribution in [0.4, 0.5) is 0 Å². The highest BCUT2D eigenvalue weighted by Crippen LogP contribution is 2.25. The summed E-state index contributed by atoms with van der Waals surface area (Å²) in [6.45, 7) is 4.05. The van der Waals surface area contributed by atoms with Crippen LogP contribution in [-0.4, -0.2) is 36.2 Å². The van der Waals surface area contributed by atoms with Crippen LogP contribution in [-0.2, 0) is 0 Å². The molecule has 0 heterocycles. The molecule has 0 aromatic heterocycles. The first-order chi connectivity index (χ1) is 6.22. The summed E-state index contributed by atoms with van der Waals surface area (Å²) in [6.07, 6.45) is 6.35. The van der Waals surface area contributed by atoms with Crippen molar-refractivity contribution in [3.63, 3.8) is 0 Å². The monoisotopic (exact) mass is 185 g/mol.